The predicted octanol–water partition coefficient (Wildman–Crippen LogP) is 4.21. The van der Waals surface area contributed by atoms with Crippen molar-refractivity contribution >= 4 is 23.2 Å². The molecule has 0 unspecified atom stereocenters. The molecular weight excluding hydrogens is 354 g/mol. The number of pyridine rings is 1. The van der Waals surface area contributed by atoms with Gasteiger partial charge in [0.25, 0.3) is 11.8 Å². The number of aryl methyl sites for hydroxylation is 2. The van der Waals surface area contributed by atoms with Crippen molar-refractivity contribution in [2.75, 3.05) is 17.7 Å². The quantitative estimate of drug-likeness (QED) is 0.700. The molecule has 0 atom stereocenters. The van der Waals surface area contributed by atoms with Gasteiger partial charge in [-0.1, -0.05) is 29.8 Å². The number of aromatic nitrogens is 1. The Bertz CT molecular complexity index is 1030. The van der Waals surface area contributed by atoms with Crippen LogP contribution in [0.5, 0.6) is 5.75 Å². The number of nitrogens with one attached hydrogen (secondary N) is 2. The van der Waals surface area contributed by atoms with E-state index < -0.39 is 0 Å². The Hall–Kier alpha value is -3.67. The van der Waals surface area contributed by atoms with Crippen LogP contribution in [0, 0.1) is 13.8 Å². The standard InChI is InChI=1S/C22H21N3O3/c1-14-8-9-17(15(2)12-14)24-22(27)19-13-16(10-11-23-19)21(26)25-18-6-4-5-7-20(18)28-3/h4-13H,1-3H3,(H,24,27)(H,25,26). The van der Waals surface area contributed by atoms with E-state index in [0.717, 1.165) is 11.1 Å². The molecule has 0 bridgehead atoms. The van der Waals surface area contributed by atoms with E-state index >= 15 is 0 Å². The molecule has 1 heterocycles. The van der Waals surface area contributed by atoms with Gasteiger partial charge in [0.1, 0.15) is 11.4 Å². The van der Waals surface area contributed by atoms with Gasteiger partial charge >= 0.3 is 0 Å². The Kier molecular flexibility index (Phi) is 5.69. The van der Waals surface area contributed by atoms with Gasteiger partial charge in [-0.15, -0.1) is 0 Å². The first-order chi connectivity index (χ1) is 13.5. The molecule has 3 aromatic rings. The highest BCUT2D eigenvalue weighted by Crippen LogP contribution is 2.24. The van der Waals surface area contributed by atoms with E-state index in [-0.39, 0.29) is 17.5 Å². The Morgan fingerprint density at radius 1 is 0.893 bits per heavy atom. The number of carbonyl (C=O) groups excluding carboxylic acids is 2. The summed E-state index contributed by atoms with van der Waals surface area (Å²) in [5, 5.41) is 5.62. The molecule has 0 aliphatic heterocycles. The molecule has 0 radical (unpaired) electrons. The van der Waals surface area contributed by atoms with Gasteiger partial charge in [0.15, 0.2) is 0 Å². The zero-order chi connectivity index (χ0) is 20.1. The molecule has 2 N–H and O–H groups in total. The third-order valence-corrected chi connectivity index (χ3v) is 4.24. The van der Waals surface area contributed by atoms with E-state index in [1.807, 2.05) is 38.1 Å². The molecule has 0 spiro atoms. The summed E-state index contributed by atoms with van der Waals surface area (Å²) in [6.45, 7) is 3.91. The average Bonchev–Trinajstić information content (AvgIpc) is 2.70. The lowest BCUT2D eigenvalue weighted by Gasteiger charge is -2.11. The maximum absolute atomic E-state index is 12.6. The van der Waals surface area contributed by atoms with Crippen LogP contribution in [-0.4, -0.2) is 23.9 Å². The lowest BCUT2D eigenvalue weighted by Crippen LogP contribution is -2.17. The van der Waals surface area contributed by atoms with Crippen molar-refractivity contribution in [3.8, 4) is 5.75 Å². The van der Waals surface area contributed by atoms with E-state index in [2.05, 4.69) is 15.6 Å². The molecular formula is C22H21N3O3. The first-order valence-electron chi connectivity index (χ1n) is 8.77. The zero-order valence-electron chi connectivity index (χ0n) is 15.9. The van der Waals surface area contributed by atoms with Gasteiger partial charge in [0.05, 0.1) is 12.8 Å². The van der Waals surface area contributed by atoms with Crippen LogP contribution in [0.15, 0.2) is 60.8 Å². The van der Waals surface area contributed by atoms with Gasteiger partial charge in [-0.25, -0.2) is 0 Å². The first kappa shape index (κ1) is 19.1. The Labute approximate surface area is 163 Å². The van der Waals surface area contributed by atoms with E-state index in [1.54, 1.807) is 24.3 Å². The summed E-state index contributed by atoms with van der Waals surface area (Å²) in [7, 11) is 1.53. The maximum Gasteiger partial charge on any atom is 0.274 e. The lowest BCUT2D eigenvalue weighted by atomic mass is 10.1. The number of ether oxygens (including phenoxy) is 1. The van der Waals surface area contributed by atoms with E-state index in [4.69, 9.17) is 4.74 Å². The second-order valence-corrected chi connectivity index (χ2v) is 6.36. The molecule has 6 heteroatoms. The van der Waals surface area contributed by atoms with Crippen molar-refractivity contribution in [1.82, 2.24) is 4.98 Å². The molecule has 0 saturated heterocycles. The molecule has 2 amide bonds. The lowest BCUT2D eigenvalue weighted by molar-refractivity contribution is 0.102. The molecule has 3 rings (SSSR count). The smallest absolute Gasteiger partial charge is 0.274 e. The van der Waals surface area contributed by atoms with Crippen LogP contribution in [0.25, 0.3) is 0 Å². The second-order valence-electron chi connectivity index (χ2n) is 6.36. The van der Waals surface area contributed by atoms with Gasteiger partial charge < -0.3 is 15.4 Å². The fraction of sp³-hybridized carbons (Fsp3) is 0.136. The minimum absolute atomic E-state index is 0.160. The highest BCUT2D eigenvalue weighted by Gasteiger charge is 2.14. The third kappa shape index (κ3) is 4.35. The molecule has 142 valence electrons. The van der Waals surface area contributed by atoms with E-state index in [1.165, 1.54) is 19.4 Å². The molecule has 6 nitrogen and oxygen atoms in total. The SMILES string of the molecule is COc1ccccc1NC(=O)c1ccnc(C(=O)Nc2ccc(C)cc2C)c1. The van der Waals surface area contributed by atoms with Gasteiger partial charge in [0, 0.05) is 17.4 Å². The number of nitrogens with zero attached hydrogens (tertiary/aromatic N) is 1. The second kappa shape index (κ2) is 8.35. The van der Waals surface area contributed by atoms with Crippen molar-refractivity contribution in [3.05, 3.63) is 83.2 Å². The predicted molar refractivity (Wildman–Crippen MR) is 109 cm³/mol. The van der Waals surface area contributed by atoms with E-state index in [0.29, 0.717) is 22.7 Å². The van der Waals surface area contributed by atoms with Crippen molar-refractivity contribution in [1.29, 1.82) is 0 Å². The van der Waals surface area contributed by atoms with Crippen molar-refractivity contribution < 1.29 is 14.3 Å². The van der Waals surface area contributed by atoms with Crippen LogP contribution in [0.2, 0.25) is 0 Å². The Morgan fingerprint density at radius 2 is 1.64 bits per heavy atom. The van der Waals surface area contributed by atoms with E-state index in [9.17, 15) is 9.59 Å². The van der Waals surface area contributed by atoms with Crippen LogP contribution in [0.4, 0.5) is 11.4 Å². The topological polar surface area (TPSA) is 80.3 Å². The van der Waals surface area contributed by atoms with Crippen LogP contribution in [0.1, 0.15) is 32.0 Å². The minimum atomic E-state index is -0.376. The largest absolute Gasteiger partial charge is 0.495 e. The number of para-hydroxylation sites is 2. The third-order valence-electron chi connectivity index (χ3n) is 4.24. The van der Waals surface area contributed by atoms with Crippen molar-refractivity contribution in [3.63, 3.8) is 0 Å². The van der Waals surface area contributed by atoms with Crippen LogP contribution < -0.4 is 15.4 Å². The number of amides is 2. The summed E-state index contributed by atoms with van der Waals surface area (Å²) in [5.41, 5.74) is 3.82. The minimum Gasteiger partial charge on any atom is -0.495 e. The molecule has 0 aliphatic rings. The number of carbonyl (C=O) groups is 2. The molecule has 2 aromatic carbocycles. The highest BCUT2D eigenvalue weighted by molar-refractivity contribution is 6.08. The Morgan fingerprint density at radius 3 is 2.39 bits per heavy atom. The highest BCUT2D eigenvalue weighted by atomic mass is 16.5. The van der Waals surface area contributed by atoms with Crippen molar-refractivity contribution in [2.45, 2.75) is 13.8 Å². The molecule has 28 heavy (non-hydrogen) atoms. The van der Waals surface area contributed by atoms with Crippen molar-refractivity contribution in [2.24, 2.45) is 0 Å². The first-order valence-corrected chi connectivity index (χ1v) is 8.77. The maximum atomic E-state index is 12.6. The average molecular weight is 375 g/mol. The monoisotopic (exact) mass is 375 g/mol. The fourth-order valence-electron chi connectivity index (χ4n) is 2.78. The number of benzene rings is 2. The molecule has 0 fully saturated rings. The summed E-state index contributed by atoms with van der Waals surface area (Å²) >= 11 is 0. The van der Waals surface area contributed by atoms with Gasteiger partial charge in [-0.05, 0) is 49.7 Å². The fourth-order valence-corrected chi connectivity index (χ4v) is 2.78. The summed E-state index contributed by atoms with van der Waals surface area (Å²) in [5.74, 6) is -0.177. The van der Waals surface area contributed by atoms with Crippen LogP contribution >= 0.6 is 0 Å². The summed E-state index contributed by atoms with van der Waals surface area (Å²) in [4.78, 5) is 29.2. The summed E-state index contributed by atoms with van der Waals surface area (Å²) in [6, 6.07) is 15.9. The zero-order valence-corrected chi connectivity index (χ0v) is 15.9. The number of rotatable bonds is 5. The normalized spacial score (nSPS) is 10.2. The molecule has 1 aromatic heterocycles. The molecule has 0 aliphatic carbocycles. The van der Waals surface area contributed by atoms with Gasteiger partial charge in [0.2, 0.25) is 0 Å². The molecule has 0 saturated carbocycles. The number of methoxy groups -OCH3 is 1. The van der Waals surface area contributed by atoms with Gasteiger partial charge in [-0.2, -0.15) is 0 Å². The number of anilines is 2. The summed E-state index contributed by atoms with van der Waals surface area (Å²) in [6.07, 6.45) is 1.44. The van der Waals surface area contributed by atoms with Crippen LogP contribution in [0.3, 0.4) is 0 Å². The number of hydrogen-bond acceptors (Lipinski definition) is 4. The van der Waals surface area contributed by atoms with Gasteiger partial charge in [-0.3, -0.25) is 14.6 Å². The van der Waals surface area contributed by atoms with Crippen LogP contribution in [-0.2, 0) is 0 Å². The Balaban J connectivity index is 1.77. The number of hydrogen-bond donors (Lipinski definition) is 2. The summed E-state index contributed by atoms with van der Waals surface area (Å²) < 4.78 is 5.24.